The molecule has 1 rings (SSSR count). The number of carbonyl (C=O) groups is 1. The summed E-state index contributed by atoms with van der Waals surface area (Å²) in [6.07, 6.45) is 0.609. The smallest absolute Gasteiger partial charge is 0.223 e. The first kappa shape index (κ1) is 18.3. The lowest BCUT2D eigenvalue weighted by Crippen LogP contribution is -2.48. The van der Waals surface area contributed by atoms with Crippen molar-refractivity contribution < 1.29 is 13.2 Å². The monoisotopic (exact) mass is 333 g/mol. The van der Waals surface area contributed by atoms with E-state index >= 15 is 0 Å². The van der Waals surface area contributed by atoms with Crippen molar-refractivity contribution in [2.24, 2.45) is 0 Å². The molecule has 120 valence electrons. The quantitative estimate of drug-likeness (QED) is 0.677. The number of amides is 1. The van der Waals surface area contributed by atoms with Gasteiger partial charge in [0.05, 0.1) is 12.5 Å². The van der Waals surface area contributed by atoms with Crippen LogP contribution in [0, 0.1) is 11.3 Å². The molecule has 1 aliphatic rings. The number of carbonyl (C=O) groups excluding carboxylic acids is 1. The van der Waals surface area contributed by atoms with Gasteiger partial charge in [-0.05, 0) is 0 Å². The van der Waals surface area contributed by atoms with E-state index < -0.39 is 15.2 Å². The van der Waals surface area contributed by atoms with E-state index in [-0.39, 0.29) is 11.7 Å². The zero-order chi connectivity index (χ0) is 15.9. The third kappa shape index (κ3) is 5.49. The topological polar surface area (TPSA) is 81.5 Å². The molecule has 0 saturated carbocycles. The minimum Gasteiger partial charge on any atom is -0.345 e. The molecule has 0 aromatic heterocycles. The second kappa shape index (κ2) is 8.61. The molecule has 0 aliphatic carbocycles. The van der Waals surface area contributed by atoms with Gasteiger partial charge in [0.15, 0.2) is 9.84 Å². The lowest BCUT2D eigenvalue weighted by molar-refractivity contribution is -0.130. The van der Waals surface area contributed by atoms with Crippen LogP contribution in [0.2, 0.25) is 0 Å². The van der Waals surface area contributed by atoms with Gasteiger partial charge in [0.25, 0.3) is 0 Å². The number of nitriles is 1. The molecule has 1 amide bonds. The summed E-state index contributed by atoms with van der Waals surface area (Å²) in [5.74, 6) is 1.56. The van der Waals surface area contributed by atoms with Gasteiger partial charge in [0, 0.05) is 50.4 Å². The Morgan fingerprint density at radius 1 is 1.52 bits per heavy atom. The van der Waals surface area contributed by atoms with Gasteiger partial charge in [-0.2, -0.15) is 17.0 Å². The Morgan fingerprint density at radius 3 is 2.86 bits per heavy atom. The molecule has 1 unspecified atom stereocenters. The summed E-state index contributed by atoms with van der Waals surface area (Å²) >= 11 is 1.65. The van der Waals surface area contributed by atoms with Crippen LogP contribution in [0.15, 0.2) is 0 Å². The number of hydrogen-bond acceptors (Lipinski definition) is 6. The summed E-state index contributed by atoms with van der Waals surface area (Å²) in [7, 11) is -1.44. The standard InChI is InChI=1S/C13H23N3O3S2/c1-3-21(18,19)13-11-20-10-9-16(13)8-5-12(17)15(2)7-4-6-14/h13H,3-5,7-11H2,1-2H3. The minimum absolute atomic E-state index is 0.0453. The molecule has 8 heteroatoms. The second-order valence-corrected chi connectivity index (χ2v) is 8.59. The lowest BCUT2D eigenvalue weighted by Gasteiger charge is -2.34. The van der Waals surface area contributed by atoms with Crippen LogP contribution in [-0.4, -0.2) is 73.4 Å². The number of hydrogen-bond donors (Lipinski definition) is 0. The molecular weight excluding hydrogens is 310 g/mol. The summed E-state index contributed by atoms with van der Waals surface area (Å²) < 4.78 is 24.2. The molecule has 1 saturated heterocycles. The number of rotatable bonds is 7. The van der Waals surface area contributed by atoms with Crippen molar-refractivity contribution in [2.45, 2.75) is 25.1 Å². The Kier molecular flexibility index (Phi) is 7.49. The fraction of sp³-hybridized carbons (Fsp3) is 0.846. The Morgan fingerprint density at radius 2 is 2.24 bits per heavy atom. The first-order chi connectivity index (χ1) is 9.92. The highest BCUT2D eigenvalue weighted by Gasteiger charge is 2.32. The van der Waals surface area contributed by atoms with E-state index in [1.165, 1.54) is 4.90 Å². The van der Waals surface area contributed by atoms with Crippen LogP contribution in [0.1, 0.15) is 19.8 Å². The number of sulfone groups is 1. The van der Waals surface area contributed by atoms with Gasteiger partial charge >= 0.3 is 0 Å². The van der Waals surface area contributed by atoms with Crippen molar-refractivity contribution in [1.29, 1.82) is 5.26 Å². The van der Waals surface area contributed by atoms with Crippen LogP contribution in [-0.2, 0) is 14.6 Å². The molecule has 0 N–H and O–H groups in total. The summed E-state index contributed by atoms with van der Waals surface area (Å²) in [5, 5.41) is 8.04. The van der Waals surface area contributed by atoms with E-state index in [0.717, 1.165) is 5.75 Å². The average molecular weight is 333 g/mol. The normalized spacial score (nSPS) is 20.0. The van der Waals surface area contributed by atoms with Crippen LogP contribution in [0.25, 0.3) is 0 Å². The number of thioether (sulfide) groups is 1. The van der Waals surface area contributed by atoms with Crippen molar-refractivity contribution >= 4 is 27.5 Å². The highest BCUT2D eigenvalue weighted by molar-refractivity contribution is 8.01. The van der Waals surface area contributed by atoms with Gasteiger partial charge in [-0.3, -0.25) is 9.69 Å². The van der Waals surface area contributed by atoms with Crippen molar-refractivity contribution in [3.63, 3.8) is 0 Å². The van der Waals surface area contributed by atoms with Crippen LogP contribution >= 0.6 is 11.8 Å². The SMILES string of the molecule is CCS(=O)(=O)C1CSCCN1CCC(=O)N(C)CCC#N. The maximum atomic E-state index is 12.1. The van der Waals surface area contributed by atoms with Crippen molar-refractivity contribution in [3.05, 3.63) is 0 Å². The fourth-order valence-electron chi connectivity index (χ4n) is 2.17. The van der Waals surface area contributed by atoms with Gasteiger partial charge in [-0.15, -0.1) is 0 Å². The van der Waals surface area contributed by atoms with Gasteiger partial charge in [0.2, 0.25) is 5.91 Å². The highest BCUT2D eigenvalue weighted by Crippen LogP contribution is 2.21. The maximum absolute atomic E-state index is 12.1. The molecule has 0 spiro atoms. The zero-order valence-corrected chi connectivity index (χ0v) is 14.3. The van der Waals surface area contributed by atoms with Crippen LogP contribution < -0.4 is 0 Å². The molecule has 1 atom stereocenters. The average Bonchev–Trinajstić information content (AvgIpc) is 2.50. The Balaban J connectivity index is 2.55. The van der Waals surface area contributed by atoms with E-state index in [0.29, 0.717) is 38.2 Å². The van der Waals surface area contributed by atoms with Crippen molar-refractivity contribution in [3.8, 4) is 6.07 Å². The first-order valence-electron chi connectivity index (χ1n) is 7.06. The summed E-state index contributed by atoms with van der Waals surface area (Å²) in [5.41, 5.74) is 0. The largest absolute Gasteiger partial charge is 0.345 e. The molecule has 6 nitrogen and oxygen atoms in total. The molecule has 1 heterocycles. The molecule has 1 fully saturated rings. The van der Waals surface area contributed by atoms with Gasteiger partial charge in [-0.25, -0.2) is 8.42 Å². The molecule has 0 aromatic rings. The van der Waals surface area contributed by atoms with E-state index in [2.05, 4.69) is 0 Å². The lowest BCUT2D eigenvalue weighted by atomic mass is 10.3. The molecule has 0 radical (unpaired) electrons. The Bertz CT molecular complexity index is 487. The predicted octanol–water partition coefficient (Wildman–Crippen LogP) is 0.558. The molecule has 0 aromatic carbocycles. The summed E-state index contributed by atoms with van der Waals surface area (Å²) in [6, 6.07) is 2.01. The van der Waals surface area contributed by atoms with Crippen molar-refractivity contribution in [1.82, 2.24) is 9.80 Å². The van der Waals surface area contributed by atoms with Crippen LogP contribution in [0.4, 0.5) is 0 Å². The maximum Gasteiger partial charge on any atom is 0.223 e. The van der Waals surface area contributed by atoms with E-state index in [1.54, 1.807) is 25.7 Å². The highest BCUT2D eigenvalue weighted by atomic mass is 32.2. The van der Waals surface area contributed by atoms with E-state index in [4.69, 9.17) is 5.26 Å². The molecule has 0 bridgehead atoms. The van der Waals surface area contributed by atoms with E-state index in [9.17, 15) is 13.2 Å². The summed E-state index contributed by atoms with van der Waals surface area (Å²) in [6.45, 7) is 3.24. The Hall–Kier alpha value is -0.780. The van der Waals surface area contributed by atoms with Gasteiger partial charge in [-0.1, -0.05) is 6.92 Å². The van der Waals surface area contributed by atoms with E-state index in [1.807, 2.05) is 11.0 Å². The fourth-order valence-corrected chi connectivity index (χ4v) is 5.28. The second-order valence-electron chi connectivity index (χ2n) is 4.99. The third-order valence-electron chi connectivity index (χ3n) is 3.61. The molecule has 1 aliphatic heterocycles. The third-order valence-corrected chi connectivity index (χ3v) is 6.94. The first-order valence-corrected chi connectivity index (χ1v) is 9.93. The predicted molar refractivity (Wildman–Crippen MR) is 84.6 cm³/mol. The number of nitrogens with zero attached hydrogens (tertiary/aromatic N) is 3. The zero-order valence-electron chi connectivity index (χ0n) is 12.6. The minimum atomic E-state index is -3.12. The van der Waals surface area contributed by atoms with Crippen LogP contribution in [0.3, 0.4) is 0 Å². The van der Waals surface area contributed by atoms with Crippen molar-refractivity contribution in [2.75, 3.05) is 43.9 Å². The molecular formula is C13H23N3O3S2. The molecule has 21 heavy (non-hydrogen) atoms. The van der Waals surface area contributed by atoms with Crippen LogP contribution in [0.5, 0.6) is 0 Å². The van der Waals surface area contributed by atoms with Gasteiger partial charge < -0.3 is 4.90 Å². The Labute approximate surface area is 131 Å². The van der Waals surface area contributed by atoms with Gasteiger partial charge in [0.1, 0.15) is 5.37 Å². The summed E-state index contributed by atoms with van der Waals surface area (Å²) in [4.78, 5) is 15.4.